The van der Waals surface area contributed by atoms with Crippen LogP contribution in [-0.2, 0) is 11.3 Å². The predicted molar refractivity (Wildman–Crippen MR) is 63.9 cm³/mol. The summed E-state index contributed by atoms with van der Waals surface area (Å²) in [7, 11) is 0. The van der Waals surface area contributed by atoms with Gasteiger partial charge < -0.3 is 10.1 Å². The molecular weight excluding hydrogens is 220 g/mol. The molecule has 0 aromatic heterocycles. The van der Waals surface area contributed by atoms with Gasteiger partial charge in [0.2, 0.25) is 0 Å². The zero-order valence-electron chi connectivity index (χ0n) is 9.81. The van der Waals surface area contributed by atoms with Gasteiger partial charge in [-0.15, -0.1) is 0 Å². The summed E-state index contributed by atoms with van der Waals surface area (Å²) in [4.78, 5) is 10.5. The molecule has 17 heavy (non-hydrogen) atoms. The van der Waals surface area contributed by atoms with E-state index < -0.39 is 0 Å². The SMILES string of the molecule is Cc1c(CNC2CCOC2)cccc1[N+](=O)[O-]. The number of nitrogens with one attached hydrogen (secondary N) is 1. The Morgan fingerprint density at radius 3 is 3.06 bits per heavy atom. The van der Waals surface area contributed by atoms with Crippen LogP contribution >= 0.6 is 0 Å². The van der Waals surface area contributed by atoms with Gasteiger partial charge in [-0.05, 0) is 18.9 Å². The quantitative estimate of drug-likeness (QED) is 0.639. The zero-order valence-corrected chi connectivity index (χ0v) is 9.81. The minimum atomic E-state index is -0.336. The van der Waals surface area contributed by atoms with Gasteiger partial charge in [-0.1, -0.05) is 12.1 Å². The van der Waals surface area contributed by atoms with E-state index >= 15 is 0 Å². The molecule has 1 fully saturated rings. The van der Waals surface area contributed by atoms with Crippen molar-refractivity contribution in [3.05, 3.63) is 39.4 Å². The number of rotatable bonds is 4. The van der Waals surface area contributed by atoms with Gasteiger partial charge >= 0.3 is 0 Å². The number of ether oxygens (including phenoxy) is 1. The zero-order chi connectivity index (χ0) is 12.3. The molecule has 0 amide bonds. The summed E-state index contributed by atoms with van der Waals surface area (Å²) in [5.41, 5.74) is 1.90. The van der Waals surface area contributed by atoms with Crippen LogP contribution in [0, 0.1) is 17.0 Å². The molecule has 1 aliphatic heterocycles. The van der Waals surface area contributed by atoms with Crippen molar-refractivity contribution in [3.8, 4) is 0 Å². The van der Waals surface area contributed by atoms with Crippen molar-refractivity contribution >= 4 is 5.69 Å². The average molecular weight is 236 g/mol. The molecule has 1 unspecified atom stereocenters. The van der Waals surface area contributed by atoms with E-state index in [1.807, 2.05) is 6.07 Å². The third-order valence-corrected chi connectivity index (χ3v) is 3.12. The Kier molecular flexibility index (Phi) is 3.71. The number of nitrogens with zero attached hydrogens (tertiary/aromatic N) is 1. The summed E-state index contributed by atoms with van der Waals surface area (Å²) in [6, 6.07) is 5.56. The van der Waals surface area contributed by atoms with Gasteiger partial charge in [0.05, 0.1) is 11.5 Å². The molecule has 1 N–H and O–H groups in total. The highest BCUT2D eigenvalue weighted by atomic mass is 16.6. The van der Waals surface area contributed by atoms with Crippen molar-refractivity contribution in [3.63, 3.8) is 0 Å². The van der Waals surface area contributed by atoms with Crippen LogP contribution in [-0.4, -0.2) is 24.2 Å². The second kappa shape index (κ2) is 5.25. The lowest BCUT2D eigenvalue weighted by molar-refractivity contribution is -0.385. The van der Waals surface area contributed by atoms with E-state index in [0.29, 0.717) is 12.6 Å². The van der Waals surface area contributed by atoms with E-state index in [4.69, 9.17) is 4.74 Å². The van der Waals surface area contributed by atoms with Gasteiger partial charge in [0, 0.05) is 30.8 Å². The van der Waals surface area contributed by atoms with Gasteiger partial charge in [0.15, 0.2) is 0 Å². The largest absolute Gasteiger partial charge is 0.380 e. The summed E-state index contributed by atoms with van der Waals surface area (Å²) >= 11 is 0. The molecule has 1 atom stereocenters. The smallest absolute Gasteiger partial charge is 0.272 e. The van der Waals surface area contributed by atoms with Gasteiger partial charge in [-0.25, -0.2) is 0 Å². The van der Waals surface area contributed by atoms with Gasteiger partial charge in [-0.2, -0.15) is 0 Å². The first-order chi connectivity index (χ1) is 8.18. The Balaban J connectivity index is 2.04. The molecule has 5 heteroatoms. The Labute approximate surface area is 99.9 Å². The standard InChI is InChI=1S/C12H16N2O3/c1-9-10(3-2-4-12(9)14(15)16)7-13-11-5-6-17-8-11/h2-4,11,13H,5-8H2,1H3. The number of nitro groups is 1. The summed E-state index contributed by atoms with van der Waals surface area (Å²) in [6.07, 6.45) is 1.01. The van der Waals surface area contributed by atoms with E-state index in [1.165, 1.54) is 6.07 Å². The molecule has 0 spiro atoms. The maximum absolute atomic E-state index is 10.8. The molecular formula is C12H16N2O3. The number of benzene rings is 1. The number of hydrogen-bond acceptors (Lipinski definition) is 4. The molecule has 1 heterocycles. The average Bonchev–Trinajstić information content (AvgIpc) is 2.80. The first kappa shape index (κ1) is 12.0. The highest BCUT2D eigenvalue weighted by Crippen LogP contribution is 2.21. The Hall–Kier alpha value is -1.46. The Morgan fingerprint density at radius 2 is 2.41 bits per heavy atom. The fraction of sp³-hybridized carbons (Fsp3) is 0.500. The minimum absolute atomic E-state index is 0.187. The van der Waals surface area contributed by atoms with Crippen molar-refractivity contribution in [2.45, 2.75) is 25.9 Å². The topological polar surface area (TPSA) is 64.4 Å². The third kappa shape index (κ3) is 2.81. The summed E-state index contributed by atoms with van der Waals surface area (Å²) in [6.45, 7) is 3.97. The van der Waals surface area contributed by atoms with Crippen molar-refractivity contribution < 1.29 is 9.66 Å². The lowest BCUT2D eigenvalue weighted by Crippen LogP contribution is -2.28. The molecule has 0 bridgehead atoms. The van der Waals surface area contributed by atoms with Crippen LogP contribution in [0.1, 0.15) is 17.5 Å². The van der Waals surface area contributed by atoms with Crippen molar-refractivity contribution in [2.75, 3.05) is 13.2 Å². The van der Waals surface area contributed by atoms with Gasteiger partial charge in [0.25, 0.3) is 5.69 Å². The molecule has 0 aliphatic carbocycles. The number of hydrogen-bond donors (Lipinski definition) is 1. The van der Waals surface area contributed by atoms with E-state index in [0.717, 1.165) is 30.8 Å². The first-order valence-electron chi connectivity index (χ1n) is 5.72. The molecule has 1 aliphatic rings. The van der Waals surface area contributed by atoms with Crippen LogP contribution in [0.3, 0.4) is 0 Å². The normalized spacial score (nSPS) is 19.5. The molecule has 92 valence electrons. The minimum Gasteiger partial charge on any atom is -0.380 e. The Bertz CT molecular complexity index is 414. The van der Waals surface area contributed by atoms with E-state index in [1.54, 1.807) is 13.0 Å². The highest BCUT2D eigenvalue weighted by molar-refractivity contribution is 5.44. The molecule has 5 nitrogen and oxygen atoms in total. The van der Waals surface area contributed by atoms with Crippen LogP contribution in [0.2, 0.25) is 0 Å². The predicted octanol–water partition coefficient (Wildman–Crippen LogP) is 1.78. The van der Waals surface area contributed by atoms with E-state index in [-0.39, 0.29) is 10.6 Å². The molecule has 0 saturated carbocycles. The second-order valence-electron chi connectivity index (χ2n) is 4.26. The maximum atomic E-state index is 10.8. The fourth-order valence-corrected chi connectivity index (χ4v) is 2.01. The summed E-state index contributed by atoms with van der Waals surface area (Å²) in [5, 5.41) is 14.2. The maximum Gasteiger partial charge on any atom is 0.272 e. The lowest BCUT2D eigenvalue weighted by Gasteiger charge is -2.12. The monoisotopic (exact) mass is 236 g/mol. The molecule has 0 radical (unpaired) electrons. The number of nitro benzene ring substituents is 1. The van der Waals surface area contributed by atoms with Crippen LogP contribution in [0.4, 0.5) is 5.69 Å². The van der Waals surface area contributed by atoms with E-state index in [2.05, 4.69) is 5.32 Å². The molecule has 2 rings (SSSR count). The van der Waals surface area contributed by atoms with Crippen molar-refractivity contribution in [2.24, 2.45) is 0 Å². The van der Waals surface area contributed by atoms with Gasteiger partial charge in [-0.3, -0.25) is 10.1 Å². The van der Waals surface area contributed by atoms with Crippen molar-refractivity contribution in [1.82, 2.24) is 5.32 Å². The van der Waals surface area contributed by atoms with Crippen LogP contribution < -0.4 is 5.32 Å². The summed E-state index contributed by atoms with van der Waals surface area (Å²) < 4.78 is 5.27. The van der Waals surface area contributed by atoms with Crippen LogP contribution in [0.25, 0.3) is 0 Å². The second-order valence-corrected chi connectivity index (χ2v) is 4.26. The summed E-state index contributed by atoms with van der Waals surface area (Å²) in [5.74, 6) is 0. The van der Waals surface area contributed by atoms with Gasteiger partial charge in [0.1, 0.15) is 0 Å². The van der Waals surface area contributed by atoms with E-state index in [9.17, 15) is 10.1 Å². The van der Waals surface area contributed by atoms with Crippen LogP contribution in [0.15, 0.2) is 18.2 Å². The lowest BCUT2D eigenvalue weighted by atomic mass is 10.1. The highest BCUT2D eigenvalue weighted by Gasteiger charge is 2.17. The third-order valence-electron chi connectivity index (χ3n) is 3.12. The molecule has 1 aromatic carbocycles. The fourth-order valence-electron chi connectivity index (χ4n) is 2.01. The molecule has 1 saturated heterocycles. The van der Waals surface area contributed by atoms with Crippen LogP contribution in [0.5, 0.6) is 0 Å². The Morgan fingerprint density at radius 1 is 1.59 bits per heavy atom. The molecule has 1 aromatic rings. The van der Waals surface area contributed by atoms with Crippen molar-refractivity contribution in [1.29, 1.82) is 0 Å². The first-order valence-corrected chi connectivity index (χ1v) is 5.72.